The highest BCUT2D eigenvalue weighted by atomic mass is 79.9. The first-order valence-electron chi connectivity index (χ1n) is 5.44. The summed E-state index contributed by atoms with van der Waals surface area (Å²) in [7, 11) is 0. The molecule has 0 aliphatic heterocycles. The van der Waals surface area contributed by atoms with Crippen LogP contribution in [0, 0.1) is 13.8 Å². The molecule has 94 valence electrons. The van der Waals surface area contributed by atoms with E-state index in [1.165, 1.54) is 0 Å². The molecule has 2 rings (SSSR count). The summed E-state index contributed by atoms with van der Waals surface area (Å²) < 4.78 is 6.61. The van der Waals surface area contributed by atoms with Crippen molar-refractivity contribution in [1.82, 2.24) is 9.97 Å². The van der Waals surface area contributed by atoms with E-state index in [1.54, 1.807) is 0 Å². The molecular formula is C13H12BrClN2O. The maximum Gasteiger partial charge on any atom is 0.252 e. The van der Waals surface area contributed by atoms with Gasteiger partial charge in [-0.3, -0.25) is 0 Å². The Morgan fingerprint density at radius 2 is 1.72 bits per heavy atom. The van der Waals surface area contributed by atoms with Crippen LogP contribution in [0.25, 0.3) is 0 Å². The van der Waals surface area contributed by atoms with Gasteiger partial charge in [-0.2, -0.15) is 0 Å². The van der Waals surface area contributed by atoms with Gasteiger partial charge in [0, 0.05) is 4.47 Å². The van der Waals surface area contributed by atoms with E-state index in [9.17, 15) is 0 Å². The normalized spacial score (nSPS) is 10.4. The van der Waals surface area contributed by atoms with Crippen LogP contribution in [0.5, 0.6) is 5.88 Å². The molecule has 0 unspecified atom stereocenters. The van der Waals surface area contributed by atoms with E-state index >= 15 is 0 Å². The zero-order valence-corrected chi connectivity index (χ0v) is 12.4. The molecule has 0 radical (unpaired) electrons. The molecule has 0 bridgehead atoms. The average molecular weight is 328 g/mol. The van der Waals surface area contributed by atoms with Crippen molar-refractivity contribution >= 4 is 27.5 Å². The Bertz CT molecular complexity index is 558. The van der Waals surface area contributed by atoms with E-state index in [0.717, 1.165) is 21.4 Å². The molecule has 0 spiro atoms. The summed E-state index contributed by atoms with van der Waals surface area (Å²) in [5.74, 6) is 0.377. The molecule has 0 N–H and O–H groups in total. The van der Waals surface area contributed by atoms with Crippen LogP contribution in [0.4, 0.5) is 0 Å². The largest absolute Gasteiger partial charge is 0.471 e. The molecule has 0 amide bonds. The molecule has 1 heterocycles. The van der Waals surface area contributed by atoms with Gasteiger partial charge in [0.15, 0.2) is 5.15 Å². The predicted octanol–water partition coefficient (Wildman–Crippen LogP) is 4.09. The van der Waals surface area contributed by atoms with Crippen LogP contribution in [0.15, 0.2) is 28.7 Å². The van der Waals surface area contributed by atoms with Crippen molar-refractivity contribution in [3.63, 3.8) is 0 Å². The third kappa shape index (κ3) is 3.21. The number of hydrogen-bond acceptors (Lipinski definition) is 3. The number of aryl methyl sites for hydroxylation is 2. The average Bonchev–Trinajstić information content (AvgIpc) is 2.34. The van der Waals surface area contributed by atoms with Crippen LogP contribution >= 0.6 is 27.5 Å². The lowest BCUT2D eigenvalue weighted by atomic mass is 10.2. The Hall–Kier alpha value is -1.13. The van der Waals surface area contributed by atoms with Crippen LogP contribution in [-0.2, 0) is 6.61 Å². The lowest BCUT2D eigenvalue weighted by Gasteiger charge is -2.08. The second-order valence-electron chi connectivity index (χ2n) is 3.91. The lowest BCUT2D eigenvalue weighted by Crippen LogP contribution is -2.01. The number of ether oxygens (including phenoxy) is 1. The Labute approximate surface area is 119 Å². The molecule has 1 aromatic carbocycles. The maximum absolute atomic E-state index is 5.99. The predicted molar refractivity (Wildman–Crippen MR) is 75.0 cm³/mol. The van der Waals surface area contributed by atoms with Crippen molar-refractivity contribution in [1.29, 1.82) is 0 Å². The number of hydrogen-bond donors (Lipinski definition) is 0. The first kappa shape index (κ1) is 13.3. The van der Waals surface area contributed by atoms with Crippen molar-refractivity contribution in [3.8, 4) is 5.88 Å². The Morgan fingerprint density at radius 1 is 1.11 bits per heavy atom. The Balaban J connectivity index is 2.10. The van der Waals surface area contributed by atoms with Gasteiger partial charge >= 0.3 is 0 Å². The first-order chi connectivity index (χ1) is 8.56. The van der Waals surface area contributed by atoms with Gasteiger partial charge in [0.1, 0.15) is 6.61 Å². The number of aromatic nitrogens is 2. The van der Waals surface area contributed by atoms with Gasteiger partial charge in [-0.15, -0.1) is 0 Å². The molecule has 18 heavy (non-hydrogen) atoms. The summed E-state index contributed by atoms with van der Waals surface area (Å²) in [5.41, 5.74) is 2.69. The minimum absolute atomic E-state index is 0.301. The molecule has 2 aromatic rings. The molecule has 0 saturated heterocycles. The van der Waals surface area contributed by atoms with Gasteiger partial charge in [-0.1, -0.05) is 39.7 Å². The van der Waals surface area contributed by atoms with Crippen molar-refractivity contribution < 1.29 is 4.74 Å². The molecule has 0 atom stereocenters. The SMILES string of the molecule is Cc1nc(Cl)c(OCc2ccc(Br)cc2)nc1C. The van der Waals surface area contributed by atoms with Crippen molar-refractivity contribution in [2.24, 2.45) is 0 Å². The van der Waals surface area contributed by atoms with Crippen molar-refractivity contribution in [2.45, 2.75) is 20.5 Å². The van der Waals surface area contributed by atoms with Crippen molar-refractivity contribution in [3.05, 3.63) is 50.8 Å². The summed E-state index contributed by atoms with van der Waals surface area (Å²) in [6.45, 7) is 4.17. The minimum atomic E-state index is 0.301. The summed E-state index contributed by atoms with van der Waals surface area (Å²) >= 11 is 9.37. The van der Waals surface area contributed by atoms with Gasteiger partial charge < -0.3 is 4.74 Å². The second kappa shape index (κ2) is 5.67. The van der Waals surface area contributed by atoms with Crippen LogP contribution in [-0.4, -0.2) is 9.97 Å². The summed E-state index contributed by atoms with van der Waals surface area (Å²) in [6.07, 6.45) is 0. The fraction of sp³-hybridized carbons (Fsp3) is 0.231. The topological polar surface area (TPSA) is 35.0 Å². The monoisotopic (exact) mass is 326 g/mol. The molecule has 0 aliphatic carbocycles. The molecule has 0 aliphatic rings. The highest BCUT2D eigenvalue weighted by Crippen LogP contribution is 2.22. The zero-order valence-electron chi connectivity index (χ0n) is 10.1. The Morgan fingerprint density at radius 3 is 2.39 bits per heavy atom. The minimum Gasteiger partial charge on any atom is -0.471 e. The highest BCUT2D eigenvalue weighted by Gasteiger charge is 2.08. The number of rotatable bonds is 3. The molecule has 5 heteroatoms. The van der Waals surface area contributed by atoms with E-state index in [-0.39, 0.29) is 0 Å². The van der Waals surface area contributed by atoms with Crippen LogP contribution in [0.1, 0.15) is 17.0 Å². The smallest absolute Gasteiger partial charge is 0.252 e. The zero-order chi connectivity index (χ0) is 13.1. The molecule has 0 saturated carbocycles. The molecule has 0 fully saturated rings. The summed E-state index contributed by atoms with van der Waals surface area (Å²) in [4.78, 5) is 8.45. The van der Waals surface area contributed by atoms with Crippen LogP contribution in [0.2, 0.25) is 5.15 Å². The molecular weight excluding hydrogens is 316 g/mol. The fourth-order valence-electron chi connectivity index (χ4n) is 1.38. The number of halogens is 2. The molecule has 1 aromatic heterocycles. The summed E-state index contributed by atoms with van der Waals surface area (Å²) in [6, 6.07) is 7.89. The van der Waals surface area contributed by atoms with E-state index in [0.29, 0.717) is 17.6 Å². The van der Waals surface area contributed by atoms with Gasteiger partial charge in [0.2, 0.25) is 0 Å². The molecule has 3 nitrogen and oxygen atoms in total. The van der Waals surface area contributed by atoms with E-state index < -0.39 is 0 Å². The van der Waals surface area contributed by atoms with Crippen LogP contribution < -0.4 is 4.74 Å². The standard InChI is InChI=1S/C13H12BrClN2O/c1-8-9(2)17-13(12(15)16-8)18-7-10-3-5-11(14)6-4-10/h3-6H,7H2,1-2H3. The first-order valence-corrected chi connectivity index (χ1v) is 6.61. The van der Waals surface area contributed by atoms with E-state index in [1.807, 2.05) is 38.1 Å². The highest BCUT2D eigenvalue weighted by molar-refractivity contribution is 9.10. The van der Waals surface area contributed by atoms with E-state index in [2.05, 4.69) is 25.9 Å². The maximum atomic E-state index is 5.99. The lowest BCUT2D eigenvalue weighted by molar-refractivity contribution is 0.292. The van der Waals surface area contributed by atoms with Gasteiger partial charge in [-0.05, 0) is 31.5 Å². The number of nitrogens with zero attached hydrogens (tertiary/aromatic N) is 2. The fourth-order valence-corrected chi connectivity index (χ4v) is 1.87. The van der Waals surface area contributed by atoms with Gasteiger partial charge in [-0.25, -0.2) is 9.97 Å². The quantitative estimate of drug-likeness (QED) is 0.851. The van der Waals surface area contributed by atoms with E-state index in [4.69, 9.17) is 16.3 Å². The third-order valence-corrected chi connectivity index (χ3v) is 3.30. The number of benzene rings is 1. The summed E-state index contributed by atoms with van der Waals surface area (Å²) in [5, 5.41) is 0.301. The third-order valence-electron chi connectivity index (χ3n) is 2.52. The van der Waals surface area contributed by atoms with Gasteiger partial charge in [0.25, 0.3) is 5.88 Å². The van der Waals surface area contributed by atoms with Crippen LogP contribution in [0.3, 0.4) is 0 Å². The van der Waals surface area contributed by atoms with Crippen molar-refractivity contribution in [2.75, 3.05) is 0 Å². The Kier molecular flexibility index (Phi) is 4.19. The van der Waals surface area contributed by atoms with Gasteiger partial charge in [0.05, 0.1) is 11.4 Å². The second-order valence-corrected chi connectivity index (χ2v) is 5.18.